The molecule has 4 rings (SSSR count). The van der Waals surface area contributed by atoms with Gasteiger partial charge in [-0.05, 0) is 23.5 Å². The van der Waals surface area contributed by atoms with Crippen LogP contribution in [0.25, 0.3) is 10.4 Å². The predicted molar refractivity (Wildman–Crippen MR) is 145 cm³/mol. The minimum Gasteiger partial charge on any atom is -0.391 e. The first-order valence-corrected chi connectivity index (χ1v) is 14.0. The van der Waals surface area contributed by atoms with Crippen LogP contribution in [0, 0.1) is 18.3 Å². The van der Waals surface area contributed by atoms with E-state index in [1.807, 2.05) is 57.5 Å². The Labute approximate surface area is 228 Å². The van der Waals surface area contributed by atoms with Crippen molar-refractivity contribution in [3.8, 4) is 10.4 Å². The van der Waals surface area contributed by atoms with Crippen LogP contribution >= 0.6 is 11.3 Å². The number of aliphatic hydroxyl groups is 1. The van der Waals surface area contributed by atoms with Gasteiger partial charge in [0.1, 0.15) is 12.1 Å². The van der Waals surface area contributed by atoms with Crippen molar-refractivity contribution in [2.45, 2.75) is 65.3 Å². The second-order valence-electron chi connectivity index (χ2n) is 11.2. The number of likely N-dealkylation sites (tertiary alicyclic amines) is 1. The van der Waals surface area contributed by atoms with E-state index >= 15 is 0 Å². The Morgan fingerprint density at radius 1 is 1.26 bits per heavy atom. The van der Waals surface area contributed by atoms with Crippen LogP contribution in [0.2, 0.25) is 0 Å². The number of amides is 2. The molecule has 3 N–H and O–H groups in total. The van der Waals surface area contributed by atoms with Gasteiger partial charge in [-0.15, -0.1) is 11.3 Å². The van der Waals surface area contributed by atoms with Gasteiger partial charge in [0, 0.05) is 44.9 Å². The van der Waals surface area contributed by atoms with Gasteiger partial charge in [-0.2, -0.15) is 0 Å². The van der Waals surface area contributed by atoms with E-state index in [-0.39, 0.29) is 37.0 Å². The van der Waals surface area contributed by atoms with Gasteiger partial charge >= 0.3 is 0 Å². The Hall–Kier alpha value is -2.66. The summed E-state index contributed by atoms with van der Waals surface area (Å²) in [7, 11) is 0. The summed E-state index contributed by atoms with van der Waals surface area (Å²) in [5, 5.41) is 16.5. The average molecular weight is 543 g/mol. The van der Waals surface area contributed by atoms with Crippen LogP contribution in [-0.2, 0) is 25.7 Å². The molecule has 2 aliphatic rings. The third-order valence-electron chi connectivity index (χ3n) is 7.33. The summed E-state index contributed by atoms with van der Waals surface area (Å²) in [5.74, 6) is -1.35. The highest BCUT2D eigenvalue weighted by Gasteiger charge is 2.45. The fraction of sp³-hybridized carbons (Fsp3) is 0.571. The van der Waals surface area contributed by atoms with Crippen LogP contribution in [-0.4, -0.2) is 77.1 Å². The SMILES string of the molecule is Cc1ncsc1-c1ccc(CNC(=O)[C@@H]2C[C@@H](O)CN2C(=O)[C@@H](CC(=O)[C@@H]2CNCCO2)C(C)(C)C)cc1. The van der Waals surface area contributed by atoms with E-state index in [2.05, 4.69) is 15.6 Å². The molecular weight excluding hydrogens is 504 g/mol. The standard InChI is InChI=1S/C28H38N4O5S/c1-17-25(38-16-31-17)19-7-5-18(6-8-19)13-30-26(35)22-11-20(33)15-32(22)27(36)21(28(2,3)4)12-23(34)24-14-29-9-10-37-24/h5-8,16,20-22,24,29,33H,9-15H2,1-4H3,(H,30,35)/t20-,21-,22+,24+/m1/s1. The number of nitrogens with one attached hydrogen (secondary N) is 2. The number of aromatic nitrogens is 1. The lowest BCUT2D eigenvalue weighted by molar-refractivity contribution is -0.148. The molecule has 9 nitrogen and oxygen atoms in total. The smallest absolute Gasteiger partial charge is 0.243 e. The molecule has 0 unspecified atom stereocenters. The molecule has 2 aromatic rings. The fourth-order valence-electron chi connectivity index (χ4n) is 5.03. The largest absolute Gasteiger partial charge is 0.391 e. The van der Waals surface area contributed by atoms with Gasteiger partial charge in [0.2, 0.25) is 11.8 Å². The third-order valence-corrected chi connectivity index (χ3v) is 8.31. The molecule has 4 atom stereocenters. The molecule has 3 heterocycles. The molecular formula is C28H38N4O5S. The van der Waals surface area contributed by atoms with Gasteiger partial charge in [-0.1, -0.05) is 45.0 Å². The van der Waals surface area contributed by atoms with E-state index in [1.165, 1.54) is 4.90 Å². The molecule has 1 aromatic carbocycles. The molecule has 0 bridgehead atoms. The van der Waals surface area contributed by atoms with Crippen molar-refractivity contribution in [3.63, 3.8) is 0 Å². The molecule has 0 saturated carbocycles. The summed E-state index contributed by atoms with van der Waals surface area (Å²) in [6, 6.07) is 7.15. The number of Topliss-reactive ketones (excluding diaryl/α,β-unsaturated/α-hetero) is 1. The second kappa shape index (κ2) is 12.0. The number of hydrogen-bond acceptors (Lipinski definition) is 8. The monoisotopic (exact) mass is 542 g/mol. The molecule has 2 fully saturated rings. The summed E-state index contributed by atoms with van der Waals surface area (Å²) in [6.07, 6.45) is -1.17. The van der Waals surface area contributed by atoms with Crippen molar-refractivity contribution in [1.29, 1.82) is 0 Å². The van der Waals surface area contributed by atoms with Crippen LogP contribution < -0.4 is 10.6 Å². The maximum absolute atomic E-state index is 13.7. The number of ether oxygens (including phenoxy) is 1. The van der Waals surface area contributed by atoms with Gasteiger partial charge in [-0.25, -0.2) is 4.98 Å². The lowest BCUT2D eigenvalue weighted by atomic mass is 9.76. The Morgan fingerprint density at radius 2 is 2.00 bits per heavy atom. The third kappa shape index (κ3) is 6.66. The molecule has 2 amide bonds. The van der Waals surface area contributed by atoms with Crippen molar-refractivity contribution < 1.29 is 24.2 Å². The molecule has 38 heavy (non-hydrogen) atoms. The quantitative estimate of drug-likeness (QED) is 0.468. The number of morpholine rings is 1. The topological polar surface area (TPSA) is 121 Å². The molecule has 2 saturated heterocycles. The van der Waals surface area contributed by atoms with Crippen molar-refractivity contribution >= 4 is 28.9 Å². The highest BCUT2D eigenvalue weighted by atomic mass is 32.1. The number of carbonyl (C=O) groups is 3. The van der Waals surface area contributed by atoms with E-state index < -0.39 is 29.6 Å². The van der Waals surface area contributed by atoms with Crippen molar-refractivity contribution in [2.24, 2.45) is 11.3 Å². The van der Waals surface area contributed by atoms with E-state index in [0.717, 1.165) is 21.7 Å². The lowest BCUT2D eigenvalue weighted by Crippen LogP contribution is -2.51. The van der Waals surface area contributed by atoms with E-state index in [9.17, 15) is 19.5 Å². The molecule has 0 aliphatic carbocycles. The molecule has 10 heteroatoms. The van der Waals surface area contributed by atoms with Crippen molar-refractivity contribution in [2.75, 3.05) is 26.2 Å². The number of thiazole rings is 1. The summed E-state index contributed by atoms with van der Waals surface area (Å²) in [4.78, 5) is 46.8. The first kappa shape index (κ1) is 28.4. The Balaban J connectivity index is 1.41. The Bertz CT molecular complexity index is 1140. The van der Waals surface area contributed by atoms with Crippen molar-refractivity contribution in [3.05, 3.63) is 41.0 Å². The number of rotatable bonds is 8. The first-order chi connectivity index (χ1) is 18.0. The van der Waals surface area contributed by atoms with E-state index in [0.29, 0.717) is 26.2 Å². The van der Waals surface area contributed by atoms with Gasteiger partial charge in [0.05, 0.1) is 28.8 Å². The Kier molecular flexibility index (Phi) is 8.97. The predicted octanol–water partition coefficient (Wildman–Crippen LogP) is 2.31. The minimum absolute atomic E-state index is 0.0290. The van der Waals surface area contributed by atoms with Gasteiger partial charge in [-0.3, -0.25) is 14.4 Å². The number of carbonyl (C=O) groups excluding carboxylic acids is 3. The number of aliphatic hydroxyl groups excluding tert-OH is 1. The lowest BCUT2D eigenvalue weighted by Gasteiger charge is -2.35. The number of benzene rings is 1. The van der Waals surface area contributed by atoms with Gasteiger partial charge < -0.3 is 25.4 Å². The molecule has 0 spiro atoms. The molecule has 0 radical (unpaired) electrons. The Morgan fingerprint density at radius 3 is 2.61 bits per heavy atom. The fourth-order valence-corrected chi connectivity index (χ4v) is 5.85. The number of nitrogens with zero attached hydrogens (tertiary/aromatic N) is 2. The van der Waals surface area contributed by atoms with Gasteiger partial charge in [0.25, 0.3) is 0 Å². The normalized spacial score (nSPS) is 22.8. The van der Waals surface area contributed by atoms with Gasteiger partial charge in [0.15, 0.2) is 5.78 Å². The minimum atomic E-state index is -0.793. The van der Waals surface area contributed by atoms with E-state index in [1.54, 1.807) is 11.3 Å². The molecule has 1 aromatic heterocycles. The van der Waals surface area contributed by atoms with Crippen LogP contribution in [0.3, 0.4) is 0 Å². The highest BCUT2D eigenvalue weighted by molar-refractivity contribution is 7.13. The van der Waals surface area contributed by atoms with Crippen LogP contribution in [0.1, 0.15) is 44.9 Å². The summed E-state index contributed by atoms with van der Waals surface area (Å²) >= 11 is 1.59. The zero-order valence-electron chi connectivity index (χ0n) is 22.5. The maximum Gasteiger partial charge on any atom is 0.243 e. The second-order valence-corrected chi connectivity index (χ2v) is 12.1. The number of aryl methyl sites for hydroxylation is 1. The first-order valence-electron chi connectivity index (χ1n) is 13.1. The number of ketones is 1. The number of hydrogen-bond donors (Lipinski definition) is 3. The summed E-state index contributed by atoms with van der Waals surface area (Å²) < 4.78 is 5.60. The maximum atomic E-state index is 13.7. The van der Waals surface area contributed by atoms with E-state index in [4.69, 9.17) is 4.74 Å². The van der Waals surface area contributed by atoms with Crippen molar-refractivity contribution in [1.82, 2.24) is 20.5 Å². The summed E-state index contributed by atoms with van der Waals surface area (Å²) in [6.45, 7) is 9.70. The number of β-amino-alcohol motifs (C(OH)–C–C–N with tert-alkyl or cyclic N) is 1. The van der Waals surface area contributed by atoms with Crippen LogP contribution in [0.4, 0.5) is 0 Å². The average Bonchev–Trinajstić information content (AvgIpc) is 3.50. The molecule has 206 valence electrons. The van der Waals surface area contributed by atoms with Crippen LogP contribution in [0.5, 0.6) is 0 Å². The summed E-state index contributed by atoms with van der Waals surface area (Å²) in [5.41, 5.74) is 4.30. The highest BCUT2D eigenvalue weighted by Crippen LogP contribution is 2.34. The van der Waals surface area contributed by atoms with Crippen LogP contribution in [0.15, 0.2) is 29.8 Å². The zero-order valence-corrected chi connectivity index (χ0v) is 23.3. The zero-order chi connectivity index (χ0) is 27.4. The molecule has 2 aliphatic heterocycles.